The number of anilines is 1. The van der Waals surface area contributed by atoms with Crippen LogP contribution in [0.3, 0.4) is 0 Å². The first-order valence-electron chi connectivity index (χ1n) is 9.19. The summed E-state index contributed by atoms with van der Waals surface area (Å²) in [5.74, 6) is -0.440. The van der Waals surface area contributed by atoms with Crippen LogP contribution in [-0.4, -0.2) is 49.4 Å². The van der Waals surface area contributed by atoms with Crippen LogP contribution in [0.5, 0.6) is 0 Å². The average Bonchev–Trinajstić information content (AvgIpc) is 2.73. The number of amides is 2. The lowest BCUT2D eigenvalue weighted by Crippen LogP contribution is -2.54. The molecule has 0 spiro atoms. The van der Waals surface area contributed by atoms with Crippen molar-refractivity contribution in [3.05, 3.63) is 66.2 Å². The summed E-state index contributed by atoms with van der Waals surface area (Å²) in [6.07, 6.45) is 0. The van der Waals surface area contributed by atoms with Gasteiger partial charge in [-0.3, -0.25) is 9.59 Å². The standard InChI is InChI=1S/C21H26N4O2/c1-21(22,17-8-4-2-5-9-17)20(27)23-16-19(26)25-14-12-24(13-15-25)18-10-6-3-7-11-18/h2-11H,12-16,22H2,1H3,(H,23,27). The fraction of sp³-hybridized carbons (Fsp3) is 0.333. The van der Waals surface area contributed by atoms with Crippen molar-refractivity contribution in [3.63, 3.8) is 0 Å². The van der Waals surface area contributed by atoms with Crippen molar-refractivity contribution in [2.75, 3.05) is 37.6 Å². The summed E-state index contributed by atoms with van der Waals surface area (Å²) in [6, 6.07) is 19.3. The quantitative estimate of drug-likeness (QED) is 0.837. The van der Waals surface area contributed by atoms with E-state index in [4.69, 9.17) is 5.73 Å². The smallest absolute Gasteiger partial charge is 0.244 e. The van der Waals surface area contributed by atoms with Gasteiger partial charge in [-0.1, -0.05) is 48.5 Å². The molecule has 1 fully saturated rings. The molecular formula is C21H26N4O2. The number of rotatable bonds is 5. The van der Waals surface area contributed by atoms with E-state index < -0.39 is 5.54 Å². The second kappa shape index (κ2) is 8.22. The second-order valence-corrected chi connectivity index (χ2v) is 6.95. The summed E-state index contributed by atoms with van der Waals surface area (Å²) in [4.78, 5) is 29.0. The van der Waals surface area contributed by atoms with Crippen molar-refractivity contribution in [2.45, 2.75) is 12.5 Å². The maximum atomic E-state index is 12.5. The molecule has 1 saturated heterocycles. The van der Waals surface area contributed by atoms with Gasteiger partial charge in [-0.25, -0.2) is 0 Å². The Kier molecular flexibility index (Phi) is 5.76. The molecule has 1 aliphatic rings. The van der Waals surface area contributed by atoms with Crippen LogP contribution in [0.15, 0.2) is 60.7 Å². The number of piperazine rings is 1. The number of carbonyl (C=O) groups excluding carboxylic acids is 2. The summed E-state index contributed by atoms with van der Waals surface area (Å²) in [6.45, 7) is 4.46. The molecule has 3 rings (SSSR count). The van der Waals surface area contributed by atoms with Crippen LogP contribution in [0.4, 0.5) is 5.69 Å². The lowest BCUT2D eigenvalue weighted by molar-refractivity contribution is -0.134. The maximum absolute atomic E-state index is 12.5. The summed E-state index contributed by atoms with van der Waals surface area (Å²) in [7, 11) is 0. The molecule has 142 valence electrons. The van der Waals surface area contributed by atoms with Crippen LogP contribution >= 0.6 is 0 Å². The number of hydrogen-bond acceptors (Lipinski definition) is 4. The molecule has 1 unspecified atom stereocenters. The Morgan fingerprint density at radius 1 is 0.963 bits per heavy atom. The van der Waals surface area contributed by atoms with Gasteiger partial charge in [-0.2, -0.15) is 0 Å². The molecule has 0 radical (unpaired) electrons. The fourth-order valence-corrected chi connectivity index (χ4v) is 3.22. The minimum atomic E-state index is -1.17. The number of carbonyl (C=O) groups is 2. The monoisotopic (exact) mass is 366 g/mol. The normalized spacial score (nSPS) is 16.5. The molecule has 6 nitrogen and oxygen atoms in total. The van der Waals surface area contributed by atoms with E-state index in [9.17, 15) is 9.59 Å². The number of benzene rings is 2. The van der Waals surface area contributed by atoms with Gasteiger partial charge in [0.25, 0.3) is 0 Å². The van der Waals surface area contributed by atoms with Crippen LogP contribution < -0.4 is 16.0 Å². The molecule has 2 aromatic carbocycles. The highest BCUT2D eigenvalue weighted by Gasteiger charge is 2.31. The van der Waals surface area contributed by atoms with Gasteiger partial charge < -0.3 is 20.9 Å². The zero-order chi connectivity index (χ0) is 19.3. The molecule has 0 aromatic heterocycles. The largest absolute Gasteiger partial charge is 0.368 e. The Morgan fingerprint density at radius 3 is 2.11 bits per heavy atom. The third-order valence-corrected chi connectivity index (χ3v) is 5.00. The van der Waals surface area contributed by atoms with Gasteiger partial charge >= 0.3 is 0 Å². The predicted octanol–water partition coefficient (Wildman–Crippen LogP) is 1.33. The zero-order valence-electron chi connectivity index (χ0n) is 15.6. The van der Waals surface area contributed by atoms with Crippen molar-refractivity contribution in [2.24, 2.45) is 5.73 Å². The zero-order valence-corrected chi connectivity index (χ0v) is 15.6. The van der Waals surface area contributed by atoms with E-state index >= 15 is 0 Å². The molecule has 1 heterocycles. The highest BCUT2D eigenvalue weighted by Crippen LogP contribution is 2.18. The number of nitrogens with two attached hydrogens (primary N) is 1. The van der Waals surface area contributed by atoms with Crippen molar-refractivity contribution >= 4 is 17.5 Å². The van der Waals surface area contributed by atoms with Crippen molar-refractivity contribution in [1.29, 1.82) is 0 Å². The molecule has 0 aliphatic carbocycles. The van der Waals surface area contributed by atoms with E-state index in [2.05, 4.69) is 22.3 Å². The molecule has 3 N–H and O–H groups in total. The Bertz CT molecular complexity index is 769. The minimum Gasteiger partial charge on any atom is -0.368 e. The maximum Gasteiger partial charge on any atom is 0.244 e. The van der Waals surface area contributed by atoms with Crippen LogP contribution in [0, 0.1) is 0 Å². The summed E-state index contributed by atoms with van der Waals surface area (Å²) < 4.78 is 0. The van der Waals surface area contributed by atoms with Gasteiger partial charge in [0.05, 0.1) is 6.54 Å². The molecule has 1 atom stereocenters. The van der Waals surface area contributed by atoms with Crippen molar-refractivity contribution in [1.82, 2.24) is 10.2 Å². The van der Waals surface area contributed by atoms with Crippen LogP contribution in [0.1, 0.15) is 12.5 Å². The van der Waals surface area contributed by atoms with Crippen LogP contribution in [-0.2, 0) is 15.1 Å². The molecular weight excluding hydrogens is 340 g/mol. The Hall–Kier alpha value is -2.86. The van der Waals surface area contributed by atoms with Crippen LogP contribution in [0.25, 0.3) is 0 Å². The lowest BCUT2D eigenvalue weighted by atomic mass is 9.92. The number of nitrogens with zero attached hydrogens (tertiary/aromatic N) is 2. The van der Waals surface area contributed by atoms with E-state index in [1.165, 1.54) is 5.69 Å². The van der Waals surface area contributed by atoms with Gasteiger partial charge in [0.15, 0.2) is 0 Å². The summed E-state index contributed by atoms with van der Waals surface area (Å²) in [5.41, 5.74) is 6.89. The second-order valence-electron chi connectivity index (χ2n) is 6.95. The van der Waals surface area contributed by atoms with Gasteiger partial charge in [0.1, 0.15) is 5.54 Å². The first kappa shape index (κ1) is 18.9. The number of para-hydroxylation sites is 1. The van der Waals surface area contributed by atoms with E-state index in [1.54, 1.807) is 11.8 Å². The van der Waals surface area contributed by atoms with E-state index in [-0.39, 0.29) is 18.4 Å². The van der Waals surface area contributed by atoms with Gasteiger partial charge in [-0.15, -0.1) is 0 Å². The number of nitrogens with one attached hydrogen (secondary N) is 1. The Morgan fingerprint density at radius 2 is 1.52 bits per heavy atom. The SMILES string of the molecule is CC(N)(C(=O)NCC(=O)N1CCN(c2ccccc2)CC1)c1ccccc1. The molecule has 2 aromatic rings. The summed E-state index contributed by atoms with van der Waals surface area (Å²) >= 11 is 0. The third kappa shape index (κ3) is 4.46. The van der Waals surface area contributed by atoms with E-state index in [1.807, 2.05) is 48.5 Å². The fourth-order valence-electron chi connectivity index (χ4n) is 3.22. The highest BCUT2D eigenvalue weighted by atomic mass is 16.2. The topological polar surface area (TPSA) is 78.7 Å². The Balaban J connectivity index is 1.49. The van der Waals surface area contributed by atoms with Crippen molar-refractivity contribution < 1.29 is 9.59 Å². The minimum absolute atomic E-state index is 0.0379. The summed E-state index contributed by atoms with van der Waals surface area (Å²) in [5, 5.41) is 2.69. The molecule has 0 saturated carbocycles. The van der Waals surface area contributed by atoms with Gasteiger partial charge in [0.2, 0.25) is 11.8 Å². The lowest BCUT2D eigenvalue weighted by Gasteiger charge is -2.36. The van der Waals surface area contributed by atoms with E-state index in [0.717, 1.165) is 13.1 Å². The van der Waals surface area contributed by atoms with E-state index in [0.29, 0.717) is 18.7 Å². The molecule has 0 bridgehead atoms. The molecule has 27 heavy (non-hydrogen) atoms. The van der Waals surface area contributed by atoms with Crippen LogP contribution in [0.2, 0.25) is 0 Å². The first-order valence-corrected chi connectivity index (χ1v) is 9.19. The third-order valence-electron chi connectivity index (χ3n) is 5.00. The van der Waals surface area contributed by atoms with Crippen molar-refractivity contribution in [3.8, 4) is 0 Å². The number of hydrogen-bond donors (Lipinski definition) is 2. The predicted molar refractivity (Wildman–Crippen MR) is 106 cm³/mol. The first-order chi connectivity index (χ1) is 13.0. The average molecular weight is 366 g/mol. The van der Waals surface area contributed by atoms with Gasteiger partial charge in [0, 0.05) is 31.9 Å². The van der Waals surface area contributed by atoms with Gasteiger partial charge in [-0.05, 0) is 24.6 Å². The molecule has 1 aliphatic heterocycles. The highest BCUT2D eigenvalue weighted by molar-refractivity contribution is 5.90. The molecule has 2 amide bonds. The molecule has 6 heteroatoms. The Labute approximate surface area is 159 Å².